The Morgan fingerprint density at radius 3 is 2.32 bits per heavy atom. The first-order chi connectivity index (χ1) is 16.5. The first-order valence-corrected chi connectivity index (χ1v) is 11.4. The van der Waals surface area contributed by atoms with Crippen molar-refractivity contribution in [2.75, 3.05) is 20.8 Å². The second-order valence-electron chi connectivity index (χ2n) is 8.26. The van der Waals surface area contributed by atoms with Crippen molar-refractivity contribution in [2.45, 2.75) is 18.5 Å². The number of ether oxygens (including phenoxy) is 2. The zero-order chi connectivity index (χ0) is 24.2. The molecule has 1 heterocycles. The predicted octanol–water partition coefficient (Wildman–Crippen LogP) is 5.32. The van der Waals surface area contributed by atoms with Crippen LogP contribution in [-0.4, -0.2) is 48.8 Å². The van der Waals surface area contributed by atoms with Crippen molar-refractivity contribution < 1.29 is 24.2 Å². The summed E-state index contributed by atoms with van der Waals surface area (Å²) in [5.74, 6) is -0.881. The van der Waals surface area contributed by atoms with Crippen LogP contribution in [0.2, 0.25) is 5.02 Å². The fourth-order valence-corrected chi connectivity index (χ4v) is 5.00. The summed E-state index contributed by atoms with van der Waals surface area (Å²) in [6.07, 6.45) is 0.282. The van der Waals surface area contributed by atoms with Gasteiger partial charge in [0.15, 0.2) is 0 Å². The summed E-state index contributed by atoms with van der Waals surface area (Å²) in [6, 6.07) is 20.5. The number of carbonyl (C=O) groups is 2. The zero-order valence-corrected chi connectivity index (χ0v) is 19.7. The van der Waals surface area contributed by atoms with Gasteiger partial charge < -0.3 is 19.5 Å². The van der Waals surface area contributed by atoms with E-state index < -0.39 is 18.1 Å². The van der Waals surface area contributed by atoms with E-state index in [0.29, 0.717) is 22.8 Å². The minimum atomic E-state index is -1.05. The normalized spacial score (nSPS) is 19.7. The first kappa shape index (κ1) is 23.8. The molecule has 0 spiro atoms. The molecule has 3 aromatic rings. The van der Waals surface area contributed by atoms with Gasteiger partial charge in [-0.1, -0.05) is 60.1 Å². The number of hydrogen-bond donors (Lipinski definition) is 1. The standard InChI is InChI=1S/C27H26ClNO5/c1-33-16-19-15-23(27(31)32)29(25(19)21-8-3-5-9-22(21)28)26(30)18-13-11-17(12-14-18)20-7-4-6-10-24(20)34-2/h3-14,19,23,25H,15-16H2,1-2H3,(H,31,32)/t19-,23+,25-/m1/s1. The lowest BCUT2D eigenvalue weighted by molar-refractivity contribution is -0.141. The number of para-hydroxylation sites is 1. The van der Waals surface area contributed by atoms with Crippen LogP contribution in [0.25, 0.3) is 11.1 Å². The summed E-state index contributed by atoms with van der Waals surface area (Å²) in [5, 5.41) is 10.5. The second kappa shape index (κ2) is 10.3. The summed E-state index contributed by atoms with van der Waals surface area (Å²) >= 11 is 6.49. The molecule has 6 nitrogen and oxygen atoms in total. The fraction of sp³-hybridized carbons (Fsp3) is 0.259. The molecule has 34 heavy (non-hydrogen) atoms. The molecule has 1 aliphatic rings. The number of nitrogens with zero attached hydrogens (tertiary/aromatic N) is 1. The summed E-state index contributed by atoms with van der Waals surface area (Å²) in [4.78, 5) is 27.4. The van der Waals surface area contributed by atoms with Gasteiger partial charge in [0.25, 0.3) is 5.91 Å². The minimum Gasteiger partial charge on any atom is -0.496 e. The van der Waals surface area contributed by atoms with Crippen LogP contribution in [0.15, 0.2) is 72.8 Å². The van der Waals surface area contributed by atoms with Gasteiger partial charge in [0, 0.05) is 29.2 Å². The van der Waals surface area contributed by atoms with E-state index in [1.165, 1.54) is 4.90 Å². The van der Waals surface area contributed by atoms with Crippen LogP contribution in [0.3, 0.4) is 0 Å². The van der Waals surface area contributed by atoms with Crippen molar-refractivity contribution >= 4 is 23.5 Å². The number of carboxylic acids is 1. The monoisotopic (exact) mass is 479 g/mol. The van der Waals surface area contributed by atoms with Crippen LogP contribution in [0, 0.1) is 5.92 Å². The van der Waals surface area contributed by atoms with E-state index in [1.54, 1.807) is 32.4 Å². The lowest BCUT2D eigenvalue weighted by Crippen LogP contribution is -2.42. The van der Waals surface area contributed by atoms with Gasteiger partial charge in [-0.3, -0.25) is 4.79 Å². The Bertz CT molecular complexity index is 1180. The van der Waals surface area contributed by atoms with Crippen LogP contribution >= 0.6 is 11.6 Å². The number of methoxy groups -OCH3 is 2. The van der Waals surface area contributed by atoms with Gasteiger partial charge in [0.05, 0.1) is 19.8 Å². The first-order valence-electron chi connectivity index (χ1n) is 11.0. The Balaban J connectivity index is 1.72. The highest BCUT2D eigenvalue weighted by atomic mass is 35.5. The number of likely N-dealkylation sites (tertiary alicyclic amines) is 1. The smallest absolute Gasteiger partial charge is 0.326 e. The topological polar surface area (TPSA) is 76.1 Å². The second-order valence-corrected chi connectivity index (χ2v) is 8.67. The number of amides is 1. The van der Waals surface area contributed by atoms with E-state index in [1.807, 2.05) is 54.6 Å². The molecule has 0 unspecified atom stereocenters. The summed E-state index contributed by atoms with van der Waals surface area (Å²) in [7, 11) is 3.18. The third kappa shape index (κ3) is 4.52. The van der Waals surface area contributed by atoms with Gasteiger partial charge in [-0.25, -0.2) is 4.79 Å². The molecule has 1 N–H and O–H groups in total. The highest BCUT2D eigenvalue weighted by Gasteiger charge is 2.48. The maximum Gasteiger partial charge on any atom is 0.326 e. The molecule has 3 atom stereocenters. The Morgan fingerprint density at radius 1 is 1.00 bits per heavy atom. The number of carboxylic acid groups (broad SMARTS) is 1. The number of halogens is 1. The lowest BCUT2D eigenvalue weighted by atomic mass is 9.93. The molecular formula is C27H26ClNO5. The van der Waals surface area contributed by atoms with Gasteiger partial charge in [-0.2, -0.15) is 0 Å². The highest BCUT2D eigenvalue weighted by molar-refractivity contribution is 6.31. The maximum atomic E-state index is 13.7. The van der Waals surface area contributed by atoms with Gasteiger partial charge in [0.1, 0.15) is 11.8 Å². The molecule has 176 valence electrons. The Labute approximate surface area is 203 Å². The van der Waals surface area contributed by atoms with Gasteiger partial charge in [-0.15, -0.1) is 0 Å². The Kier molecular flexibility index (Phi) is 7.20. The maximum absolute atomic E-state index is 13.7. The number of rotatable bonds is 7. The van der Waals surface area contributed by atoms with Crippen LogP contribution in [0.4, 0.5) is 0 Å². The van der Waals surface area contributed by atoms with Crippen molar-refractivity contribution in [2.24, 2.45) is 5.92 Å². The SMILES string of the molecule is COC[C@H]1C[C@@H](C(=O)O)N(C(=O)c2ccc(-c3ccccc3OC)cc2)[C@H]1c1ccccc1Cl. The third-order valence-electron chi connectivity index (χ3n) is 6.28. The average molecular weight is 480 g/mol. The van der Waals surface area contributed by atoms with E-state index in [0.717, 1.165) is 16.9 Å². The lowest BCUT2D eigenvalue weighted by Gasteiger charge is -2.31. The van der Waals surface area contributed by atoms with Gasteiger partial charge in [-0.05, 0) is 41.8 Å². The number of aliphatic carboxylic acids is 1. The average Bonchev–Trinajstić information content (AvgIpc) is 3.23. The summed E-state index contributed by atoms with van der Waals surface area (Å²) in [6.45, 7) is 0.316. The van der Waals surface area contributed by atoms with Crippen molar-refractivity contribution in [3.8, 4) is 16.9 Å². The van der Waals surface area contributed by atoms with Crippen LogP contribution < -0.4 is 4.74 Å². The third-order valence-corrected chi connectivity index (χ3v) is 6.63. The van der Waals surface area contributed by atoms with Crippen molar-refractivity contribution in [1.82, 2.24) is 4.90 Å². The predicted molar refractivity (Wildman–Crippen MR) is 130 cm³/mol. The molecule has 0 saturated carbocycles. The van der Waals surface area contributed by atoms with Crippen molar-refractivity contribution in [1.29, 1.82) is 0 Å². The van der Waals surface area contributed by atoms with E-state index in [4.69, 9.17) is 21.1 Å². The molecule has 0 radical (unpaired) electrons. The molecule has 7 heteroatoms. The summed E-state index contributed by atoms with van der Waals surface area (Å²) < 4.78 is 10.8. The van der Waals surface area contributed by atoms with E-state index in [9.17, 15) is 14.7 Å². The molecule has 0 aliphatic carbocycles. The Morgan fingerprint density at radius 2 is 1.68 bits per heavy atom. The van der Waals surface area contributed by atoms with Crippen molar-refractivity contribution in [3.05, 3.63) is 88.9 Å². The zero-order valence-electron chi connectivity index (χ0n) is 19.0. The van der Waals surface area contributed by atoms with E-state index >= 15 is 0 Å². The molecule has 1 amide bonds. The van der Waals surface area contributed by atoms with Gasteiger partial charge >= 0.3 is 5.97 Å². The van der Waals surface area contributed by atoms with E-state index in [-0.39, 0.29) is 18.2 Å². The van der Waals surface area contributed by atoms with Crippen molar-refractivity contribution in [3.63, 3.8) is 0 Å². The minimum absolute atomic E-state index is 0.206. The van der Waals surface area contributed by atoms with E-state index in [2.05, 4.69) is 0 Å². The summed E-state index contributed by atoms with van der Waals surface area (Å²) in [5.41, 5.74) is 2.92. The molecule has 4 rings (SSSR count). The largest absolute Gasteiger partial charge is 0.496 e. The highest BCUT2D eigenvalue weighted by Crippen LogP contribution is 2.44. The van der Waals surface area contributed by atoms with Crippen LogP contribution in [-0.2, 0) is 9.53 Å². The number of hydrogen-bond acceptors (Lipinski definition) is 4. The Hall–Kier alpha value is -3.35. The van der Waals surface area contributed by atoms with Crippen LogP contribution in [0.1, 0.15) is 28.4 Å². The van der Waals surface area contributed by atoms with Gasteiger partial charge in [0.2, 0.25) is 0 Å². The molecule has 3 aromatic carbocycles. The molecule has 1 fully saturated rings. The quantitative estimate of drug-likeness (QED) is 0.496. The molecule has 0 bridgehead atoms. The van der Waals surface area contributed by atoms with Crippen LogP contribution in [0.5, 0.6) is 5.75 Å². The molecule has 0 aromatic heterocycles. The fourth-order valence-electron chi connectivity index (χ4n) is 4.75. The number of carbonyl (C=O) groups excluding carboxylic acids is 1. The molecular weight excluding hydrogens is 454 g/mol. The molecule has 1 saturated heterocycles. The molecule has 1 aliphatic heterocycles. The number of benzene rings is 3.